The first kappa shape index (κ1) is 19.2. The smallest absolute Gasteiger partial charge is 0.337 e. The van der Waals surface area contributed by atoms with Crippen LogP contribution in [0.4, 0.5) is 0 Å². The van der Waals surface area contributed by atoms with Gasteiger partial charge < -0.3 is 14.0 Å². The van der Waals surface area contributed by atoms with E-state index in [9.17, 15) is 9.59 Å². The molecule has 6 heteroatoms. The second kappa shape index (κ2) is 8.40. The molecule has 1 heterocycles. The van der Waals surface area contributed by atoms with E-state index in [0.717, 1.165) is 16.5 Å². The zero-order valence-corrected chi connectivity index (χ0v) is 15.8. The van der Waals surface area contributed by atoms with Gasteiger partial charge in [-0.05, 0) is 30.7 Å². The molecule has 0 aliphatic heterocycles. The van der Waals surface area contributed by atoms with Crippen molar-refractivity contribution in [1.29, 1.82) is 5.26 Å². The van der Waals surface area contributed by atoms with Crippen molar-refractivity contribution in [1.82, 2.24) is 4.57 Å². The van der Waals surface area contributed by atoms with Gasteiger partial charge in [-0.15, -0.1) is 0 Å². The highest BCUT2D eigenvalue weighted by Gasteiger charge is 2.16. The second-order valence-corrected chi connectivity index (χ2v) is 6.35. The van der Waals surface area contributed by atoms with E-state index in [0.29, 0.717) is 29.8 Å². The fourth-order valence-corrected chi connectivity index (χ4v) is 3.05. The number of hydrogen-bond donors (Lipinski definition) is 0. The molecule has 142 valence electrons. The van der Waals surface area contributed by atoms with Gasteiger partial charge in [-0.1, -0.05) is 24.3 Å². The lowest BCUT2D eigenvalue weighted by atomic mass is 10.1. The standard InChI is InChI=1S/C22H20N2O4/c1-15-8-9-16(22(26)27-2)12-21(15)28-14-20(25)18-13-24(11-5-10-23)19-7-4-3-6-17(18)19/h3-4,6-9,12-13H,5,11,14H2,1-2H3. The van der Waals surface area contributed by atoms with Gasteiger partial charge >= 0.3 is 5.97 Å². The summed E-state index contributed by atoms with van der Waals surface area (Å²) in [6.07, 6.45) is 2.13. The van der Waals surface area contributed by atoms with Crippen molar-refractivity contribution in [3.63, 3.8) is 0 Å². The first-order valence-electron chi connectivity index (χ1n) is 8.85. The third-order valence-electron chi connectivity index (χ3n) is 4.52. The first-order chi connectivity index (χ1) is 13.5. The predicted octanol–water partition coefficient (Wildman–Crippen LogP) is 3.91. The minimum Gasteiger partial charge on any atom is -0.485 e. The molecule has 0 N–H and O–H groups in total. The Morgan fingerprint density at radius 3 is 2.71 bits per heavy atom. The predicted molar refractivity (Wildman–Crippen MR) is 105 cm³/mol. The van der Waals surface area contributed by atoms with Crippen LogP contribution in [-0.4, -0.2) is 30.0 Å². The zero-order chi connectivity index (χ0) is 20.1. The van der Waals surface area contributed by atoms with Crippen LogP contribution in [0.1, 0.15) is 32.7 Å². The van der Waals surface area contributed by atoms with Gasteiger partial charge in [0.2, 0.25) is 5.78 Å². The molecule has 0 unspecified atom stereocenters. The number of carbonyl (C=O) groups is 2. The first-order valence-corrected chi connectivity index (χ1v) is 8.85. The quantitative estimate of drug-likeness (QED) is 0.461. The monoisotopic (exact) mass is 376 g/mol. The number of ether oxygens (including phenoxy) is 2. The van der Waals surface area contributed by atoms with Crippen LogP contribution in [0.25, 0.3) is 10.9 Å². The van der Waals surface area contributed by atoms with Gasteiger partial charge in [-0.2, -0.15) is 5.26 Å². The molecule has 3 rings (SSSR count). The summed E-state index contributed by atoms with van der Waals surface area (Å²) in [6, 6.07) is 14.7. The minimum absolute atomic E-state index is 0.155. The van der Waals surface area contributed by atoms with Gasteiger partial charge in [0.05, 0.1) is 25.2 Å². The van der Waals surface area contributed by atoms with E-state index < -0.39 is 5.97 Å². The molecule has 0 amide bonds. The van der Waals surface area contributed by atoms with Crippen LogP contribution >= 0.6 is 0 Å². The Morgan fingerprint density at radius 1 is 1.18 bits per heavy atom. The molecule has 0 saturated heterocycles. The van der Waals surface area contributed by atoms with E-state index in [1.807, 2.05) is 35.8 Å². The number of carbonyl (C=O) groups excluding carboxylic acids is 2. The van der Waals surface area contributed by atoms with E-state index in [4.69, 9.17) is 14.7 Å². The van der Waals surface area contributed by atoms with Crippen molar-refractivity contribution in [2.75, 3.05) is 13.7 Å². The van der Waals surface area contributed by atoms with Crippen LogP contribution in [0.3, 0.4) is 0 Å². The number of fused-ring (bicyclic) bond motifs is 1. The fraction of sp³-hybridized carbons (Fsp3) is 0.227. The van der Waals surface area contributed by atoms with E-state index in [1.54, 1.807) is 24.4 Å². The Labute approximate surface area is 162 Å². The zero-order valence-electron chi connectivity index (χ0n) is 15.8. The van der Waals surface area contributed by atoms with E-state index in [2.05, 4.69) is 6.07 Å². The van der Waals surface area contributed by atoms with Gasteiger partial charge in [0, 0.05) is 29.2 Å². The summed E-state index contributed by atoms with van der Waals surface area (Å²) in [5.74, 6) is -0.170. The van der Waals surface area contributed by atoms with Crippen LogP contribution in [0.2, 0.25) is 0 Å². The molecular formula is C22H20N2O4. The van der Waals surface area contributed by atoms with Crippen molar-refractivity contribution < 1.29 is 19.1 Å². The number of Topliss-reactive ketones (excluding diaryl/α,β-unsaturated/α-hetero) is 1. The average Bonchev–Trinajstić information content (AvgIpc) is 3.09. The highest BCUT2D eigenvalue weighted by atomic mass is 16.5. The van der Waals surface area contributed by atoms with Crippen molar-refractivity contribution in [3.05, 3.63) is 65.4 Å². The molecule has 6 nitrogen and oxygen atoms in total. The number of nitrogens with zero attached hydrogens (tertiary/aromatic N) is 2. The number of esters is 1. The van der Waals surface area contributed by atoms with Crippen molar-refractivity contribution in [2.24, 2.45) is 0 Å². The third kappa shape index (κ3) is 3.89. The van der Waals surface area contributed by atoms with Gasteiger partial charge in [-0.25, -0.2) is 4.79 Å². The molecule has 0 aliphatic rings. The third-order valence-corrected chi connectivity index (χ3v) is 4.52. The van der Waals surface area contributed by atoms with Crippen LogP contribution in [0.5, 0.6) is 5.75 Å². The van der Waals surface area contributed by atoms with Gasteiger partial charge in [0.1, 0.15) is 5.75 Å². The normalized spacial score (nSPS) is 10.5. The average molecular weight is 376 g/mol. The lowest BCUT2D eigenvalue weighted by Crippen LogP contribution is -2.12. The molecule has 28 heavy (non-hydrogen) atoms. The van der Waals surface area contributed by atoms with Crippen LogP contribution in [0, 0.1) is 18.3 Å². The molecule has 0 saturated carbocycles. The maximum Gasteiger partial charge on any atom is 0.337 e. The molecular weight excluding hydrogens is 356 g/mol. The summed E-state index contributed by atoms with van der Waals surface area (Å²) in [5.41, 5.74) is 2.64. The SMILES string of the molecule is COC(=O)c1ccc(C)c(OCC(=O)c2cn(CCC#N)c3ccccc23)c1. The minimum atomic E-state index is -0.461. The summed E-state index contributed by atoms with van der Waals surface area (Å²) in [4.78, 5) is 24.5. The van der Waals surface area contributed by atoms with Crippen LogP contribution in [0.15, 0.2) is 48.7 Å². The van der Waals surface area contributed by atoms with Crippen LogP contribution in [-0.2, 0) is 11.3 Å². The Hall–Kier alpha value is -3.59. The highest BCUT2D eigenvalue weighted by Crippen LogP contribution is 2.24. The van der Waals surface area contributed by atoms with Crippen LogP contribution < -0.4 is 4.74 Å². The van der Waals surface area contributed by atoms with Crippen molar-refractivity contribution in [3.8, 4) is 11.8 Å². The van der Waals surface area contributed by atoms with Gasteiger partial charge in [0.25, 0.3) is 0 Å². The number of rotatable bonds is 7. The topological polar surface area (TPSA) is 81.3 Å². The second-order valence-electron chi connectivity index (χ2n) is 6.35. The molecule has 0 spiro atoms. The maximum absolute atomic E-state index is 12.8. The number of aromatic nitrogens is 1. The van der Waals surface area contributed by atoms with E-state index in [-0.39, 0.29) is 12.4 Å². The molecule has 0 atom stereocenters. The summed E-state index contributed by atoms with van der Waals surface area (Å²) in [5, 5.41) is 9.68. The largest absolute Gasteiger partial charge is 0.485 e. The Balaban J connectivity index is 1.83. The summed E-state index contributed by atoms with van der Waals surface area (Å²) in [7, 11) is 1.31. The molecule has 1 aromatic heterocycles. The number of para-hydroxylation sites is 1. The molecule has 0 fully saturated rings. The number of aryl methyl sites for hydroxylation is 2. The van der Waals surface area contributed by atoms with Crippen molar-refractivity contribution in [2.45, 2.75) is 19.9 Å². The Morgan fingerprint density at radius 2 is 1.96 bits per heavy atom. The van der Waals surface area contributed by atoms with Gasteiger partial charge in [0.15, 0.2) is 6.61 Å². The molecule has 0 bridgehead atoms. The summed E-state index contributed by atoms with van der Waals surface area (Å²) >= 11 is 0. The Kier molecular flexibility index (Phi) is 5.75. The maximum atomic E-state index is 12.8. The number of hydrogen-bond acceptors (Lipinski definition) is 5. The molecule has 3 aromatic rings. The summed E-state index contributed by atoms with van der Waals surface area (Å²) in [6.45, 7) is 2.21. The molecule has 0 radical (unpaired) electrons. The number of nitriles is 1. The summed E-state index contributed by atoms with van der Waals surface area (Å²) < 4.78 is 12.3. The van der Waals surface area contributed by atoms with Crippen molar-refractivity contribution >= 4 is 22.7 Å². The fourth-order valence-electron chi connectivity index (χ4n) is 3.05. The number of ketones is 1. The number of methoxy groups -OCH3 is 1. The van der Waals surface area contributed by atoms with Gasteiger partial charge in [-0.3, -0.25) is 4.79 Å². The van der Waals surface area contributed by atoms with E-state index in [1.165, 1.54) is 7.11 Å². The molecule has 2 aromatic carbocycles. The number of benzene rings is 2. The lowest BCUT2D eigenvalue weighted by Gasteiger charge is -2.10. The molecule has 0 aliphatic carbocycles. The Bertz CT molecular complexity index is 1080. The highest BCUT2D eigenvalue weighted by molar-refractivity contribution is 6.08. The van der Waals surface area contributed by atoms with E-state index >= 15 is 0 Å². The lowest BCUT2D eigenvalue weighted by molar-refractivity contribution is 0.0600.